The summed E-state index contributed by atoms with van der Waals surface area (Å²) in [5.74, 6) is 0.668. The van der Waals surface area contributed by atoms with Crippen LogP contribution in [0, 0.1) is 5.41 Å². The molecule has 1 saturated heterocycles. The minimum absolute atomic E-state index is 0.0534. The highest BCUT2D eigenvalue weighted by atomic mass is 16.2. The maximum Gasteiger partial charge on any atom is 0.254 e. The van der Waals surface area contributed by atoms with Crippen LogP contribution in [0.1, 0.15) is 48.2 Å². The third-order valence-corrected chi connectivity index (χ3v) is 5.30. The fourth-order valence-electron chi connectivity index (χ4n) is 3.50. The number of likely N-dealkylation sites (tertiary alicyclic amines) is 1. The number of carbonyl (C=O) groups excluding carboxylic acids is 1. The number of amides is 1. The lowest BCUT2D eigenvalue weighted by Gasteiger charge is -2.23. The normalized spacial score (nSPS) is 24.3. The number of hydrogen-bond donors (Lipinski definition) is 1. The van der Waals surface area contributed by atoms with Gasteiger partial charge in [-0.15, -0.1) is 0 Å². The van der Waals surface area contributed by atoms with Gasteiger partial charge in [-0.25, -0.2) is 0 Å². The Morgan fingerprint density at radius 2 is 2.17 bits per heavy atom. The van der Waals surface area contributed by atoms with E-state index in [0.717, 1.165) is 41.7 Å². The predicted molar refractivity (Wildman–Crippen MR) is 91.4 cm³/mol. The van der Waals surface area contributed by atoms with Crippen LogP contribution in [0.5, 0.6) is 0 Å². The lowest BCUT2D eigenvalue weighted by molar-refractivity contribution is 0.0778. The van der Waals surface area contributed by atoms with Crippen LogP contribution >= 0.6 is 0 Å². The Labute approximate surface area is 136 Å². The third-order valence-electron chi connectivity index (χ3n) is 5.30. The fourth-order valence-corrected chi connectivity index (χ4v) is 3.50. The number of nitrogens with two attached hydrogens (primary N) is 1. The summed E-state index contributed by atoms with van der Waals surface area (Å²) in [6.07, 6.45) is 3.36. The number of benzene rings is 1. The van der Waals surface area contributed by atoms with Crippen molar-refractivity contribution in [2.24, 2.45) is 11.1 Å². The van der Waals surface area contributed by atoms with Gasteiger partial charge in [0.2, 0.25) is 0 Å². The Morgan fingerprint density at radius 3 is 2.87 bits per heavy atom. The average Bonchev–Trinajstić information content (AvgIpc) is 3.36. The Hall–Kier alpha value is -1.94. The Balaban J connectivity index is 1.74. The van der Waals surface area contributed by atoms with Gasteiger partial charge < -0.3 is 10.6 Å². The average molecular weight is 309 g/mol. The molecule has 1 aliphatic heterocycles. The van der Waals surface area contributed by atoms with Crippen molar-refractivity contribution in [1.82, 2.24) is 9.88 Å². The van der Waals surface area contributed by atoms with Gasteiger partial charge in [-0.3, -0.25) is 9.78 Å². The molecule has 1 amide bonds. The summed E-state index contributed by atoms with van der Waals surface area (Å²) in [5.41, 5.74) is 8.75. The first-order valence-corrected chi connectivity index (χ1v) is 8.49. The molecule has 4 heteroatoms. The van der Waals surface area contributed by atoms with Crippen molar-refractivity contribution in [1.29, 1.82) is 0 Å². The molecule has 1 aromatic carbocycles. The van der Waals surface area contributed by atoms with Crippen molar-refractivity contribution in [3.05, 3.63) is 41.6 Å². The van der Waals surface area contributed by atoms with Crippen LogP contribution < -0.4 is 5.73 Å². The molecule has 1 saturated carbocycles. The van der Waals surface area contributed by atoms with Crippen molar-refractivity contribution in [3.8, 4) is 0 Å². The van der Waals surface area contributed by atoms with Gasteiger partial charge >= 0.3 is 0 Å². The van der Waals surface area contributed by atoms with Crippen LogP contribution in [0.2, 0.25) is 0 Å². The van der Waals surface area contributed by atoms with Crippen LogP contribution in [0.15, 0.2) is 30.3 Å². The predicted octanol–water partition coefficient (Wildman–Crippen LogP) is 2.92. The van der Waals surface area contributed by atoms with E-state index in [0.29, 0.717) is 12.5 Å². The first-order chi connectivity index (χ1) is 11.1. The molecular weight excluding hydrogens is 286 g/mol. The van der Waals surface area contributed by atoms with E-state index in [2.05, 4.69) is 6.92 Å². The summed E-state index contributed by atoms with van der Waals surface area (Å²) in [6.45, 7) is 4.33. The molecule has 1 aliphatic carbocycles. The SMILES string of the molecule is CC1(CN)CCN(C(=O)c2cc(C3CC3)nc3ccccc23)C1. The van der Waals surface area contributed by atoms with Crippen molar-refractivity contribution in [3.63, 3.8) is 0 Å². The maximum atomic E-state index is 13.1. The van der Waals surface area contributed by atoms with Gasteiger partial charge in [0.15, 0.2) is 0 Å². The zero-order chi connectivity index (χ0) is 16.0. The van der Waals surface area contributed by atoms with Crippen LogP contribution in [0.4, 0.5) is 0 Å². The minimum atomic E-state index is 0.0534. The van der Waals surface area contributed by atoms with Gasteiger partial charge in [0.05, 0.1) is 11.1 Å². The van der Waals surface area contributed by atoms with Crippen molar-refractivity contribution in [2.45, 2.75) is 32.1 Å². The molecule has 2 heterocycles. The second-order valence-corrected chi connectivity index (χ2v) is 7.38. The van der Waals surface area contributed by atoms with E-state index >= 15 is 0 Å². The molecule has 1 unspecified atom stereocenters. The zero-order valence-electron chi connectivity index (χ0n) is 13.6. The smallest absolute Gasteiger partial charge is 0.254 e. The Bertz CT molecular complexity index is 768. The number of aromatic nitrogens is 1. The molecule has 4 nitrogen and oxygen atoms in total. The number of rotatable bonds is 3. The Kier molecular flexibility index (Phi) is 3.38. The van der Waals surface area contributed by atoms with Gasteiger partial charge in [0.1, 0.15) is 0 Å². The van der Waals surface area contributed by atoms with Crippen LogP contribution in [0.3, 0.4) is 0 Å². The monoisotopic (exact) mass is 309 g/mol. The van der Waals surface area contributed by atoms with Gasteiger partial charge in [-0.2, -0.15) is 0 Å². The highest BCUT2D eigenvalue weighted by Gasteiger charge is 2.36. The minimum Gasteiger partial charge on any atom is -0.338 e. The molecule has 4 rings (SSSR count). The highest BCUT2D eigenvalue weighted by molar-refractivity contribution is 6.06. The van der Waals surface area contributed by atoms with E-state index in [1.165, 1.54) is 12.8 Å². The van der Waals surface area contributed by atoms with Gasteiger partial charge in [-0.1, -0.05) is 25.1 Å². The molecular formula is C19H23N3O. The first kappa shape index (κ1) is 14.6. The number of carbonyl (C=O) groups is 1. The van der Waals surface area contributed by atoms with Crippen molar-refractivity contribution in [2.75, 3.05) is 19.6 Å². The maximum absolute atomic E-state index is 13.1. The standard InChI is InChI=1S/C19H23N3O/c1-19(11-20)8-9-22(12-19)18(23)15-10-17(13-6-7-13)21-16-5-3-2-4-14(15)16/h2-5,10,13H,6-9,11-12,20H2,1H3. The van der Waals surface area contributed by atoms with E-state index in [1.807, 2.05) is 35.2 Å². The summed E-state index contributed by atoms with van der Waals surface area (Å²) in [5, 5.41) is 0.961. The van der Waals surface area contributed by atoms with Crippen LogP contribution in [-0.2, 0) is 0 Å². The van der Waals surface area contributed by atoms with E-state index in [4.69, 9.17) is 10.7 Å². The summed E-state index contributed by atoms with van der Waals surface area (Å²) in [4.78, 5) is 19.8. The van der Waals surface area contributed by atoms with Crippen molar-refractivity contribution < 1.29 is 4.79 Å². The number of fused-ring (bicyclic) bond motifs is 1. The number of pyridine rings is 1. The van der Waals surface area contributed by atoms with Gasteiger partial charge in [0.25, 0.3) is 5.91 Å². The quantitative estimate of drug-likeness (QED) is 0.948. The first-order valence-electron chi connectivity index (χ1n) is 8.49. The second kappa shape index (κ2) is 5.31. The molecule has 120 valence electrons. The fraction of sp³-hybridized carbons (Fsp3) is 0.474. The summed E-state index contributed by atoms with van der Waals surface area (Å²) >= 11 is 0. The summed E-state index contributed by atoms with van der Waals surface area (Å²) < 4.78 is 0. The topological polar surface area (TPSA) is 59.2 Å². The molecule has 23 heavy (non-hydrogen) atoms. The lowest BCUT2D eigenvalue weighted by atomic mass is 9.90. The highest BCUT2D eigenvalue weighted by Crippen LogP contribution is 2.40. The molecule has 2 N–H and O–H groups in total. The summed E-state index contributed by atoms with van der Waals surface area (Å²) in [6, 6.07) is 10.0. The van der Waals surface area contributed by atoms with Crippen LogP contribution in [-0.4, -0.2) is 35.4 Å². The van der Waals surface area contributed by atoms with Crippen molar-refractivity contribution >= 4 is 16.8 Å². The third kappa shape index (κ3) is 2.61. The molecule has 2 fully saturated rings. The zero-order valence-corrected chi connectivity index (χ0v) is 13.6. The number of hydrogen-bond acceptors (Lipinski definition) is 3. The summed E-state index contributed by atoms with van der Waals surface area (Å²) in [7, 11) is 0. The lowest BCUT2D eigenvalue weighted by Crippen LogP contribution is -2.34. The van der Waals surface area contributed by atoms with E-state index in [9.17, 15) is 4.79 Å². The van der Waals surface area contributed by atoms with E-state index < -0.39 is 0 Å². The van der Waals surface area contributed by atoms with E-state index in [-0.39, 0.29) is 11.3 Å². The molecule has 0 spiro atoms. The van der Waals surface area contributed by atoms with Gasteiger partial charge in [-0.05, 0) is 43.4 Å². The number of nitrogens with zero attached hydrogens (tertiary/aromatic N) is 2. The van der Waals surface area contributed by atoms with E-state index in [1.54, 1.807) is 0 Å². The van der Waals surface area contributed by atoms with Gasteiger partial charge in [0, 0.05) is 30.1 Å². The molecule has 1 aromatic heterocycles. The number of para-hydroxylation sites is 1. The van der Waals surface area contributed by atoms with Crippen LogP contribution in [0.25, 0.3) is 10.9 Å². The molecule has 0 bridgehead atoms. The Morgan fingerprint density at radius 1 is 1.39 bits per heavy atom. The molecule has 2 aliphatic rings. The largest absolute Gasteiger partial charge is 0.338 e. The molecule has 1 atom stereocenters. The second-order valence-electron chi connectivity index (χ2n) is 7.38. The molecule has 2 aromatic rings. The molecule has 0 radical (unpaired) electrons.